The minimum absolute atomic E-state index is 0.00147. The molecule has 1 heterocycles. The van der Waals surface area contributed by atoms with E-state index in [0.29, 0.717) is 11.3 Å². The fourth-order valence-corrected chi connectivity index (χ4v) is 4.05. The number of nitro benzene ring substituents is 1. The molecule has 1 unspecified atom stereocenters. The molecule has 10 nitrogen and oxygen atoms in total. The van der Waals surface area contributed by atoms with Gasteiger partial charge >= 0.3 is 5.97 Å². The van der Waals surface area contributed by atoms with Crippen molar-refractivity contribution in [2.75, 3.05) is 19.1 Å². The van der Waals surface area contributed by atoms with Crippen LogP contribution in [0.5, 0.6) is 5.75 Å². The SMILES string of the molecule is COC(=O)c1cccc(N2C(=O)C(=O)/C(=C(\O)c3cccc([N+](=O)[O-])c3)C2c2cccc(OC)c2)c1. The molecular weight excluding hydrogens is 468 g/mol. The number of esters is 1. The highest BCUT2D eigenvalue weighted by Crippen LogP contribution is 2.43. The van der Waals surface area contributed by atoms with Crippen LogP contribution in [0.15, 0.2) is 78.4 Å². The molecule has 0 spiro atoms. The van der Waals surface area contributed by atoms with E-state index < -0.39 is 34.4 Å². The van der Waals surface area contributed by atoms with Gasteiger partial charge in [-0.2, -0.15) is 0 Å². The number of benzene rings is 3. The van der Waals surface area contributed by atoms with E-state index in [-0.39, 0.29) is 28.1 Å². The van der Waals surface area contributed by atoms with Crippen LogP contribution in [0.1, 0.15) is 27.5 Å². The first-order chi connectivity index (χ1) is 17.3. The van der Waals surface area contributed by atoms with E-state index in [0.717, 1.165) is 11.0 Å². The highest BCUT2D eigenvalue weighted by atomic mass is 16.6. The Balaban J connectivity index is 1.96. The Labute approximate surface area is 205 Å². The molecule has 0 radical (unpaired) electrons. The lowest BCUT2D eigenvalue weighted by Crippen LogP contribution is -2.29. The molecule has 0 saturated carbocycles. The molecule has 1 amide bonds. The molecule has 1 saturated heterocycles. The van der Waals surface area contributed by atoms with Crippen molar-refractivity contribution >= 4 is 34.8 Å². The molecule has 10 heteroatoms. The van der Waals surface area contributed by atoms with Gasteiger partial charge in [0, 0.05) is 23.4 Å². The molecule has 1 fully saturated rings. The maximum absolute atomic E-state index is 13.3. The van der Waals surface area contributed by atoms with Crippen LogP contribution in [0.25, 0.3) is 5.76 Å². The summed E-state index contributed by atoms with van der Waals surface area (Å²) < 4.78 is 10.1. The molecule has 0 aromatic heterocycles. The third-order valence-corrected chi connectivity index (χ3v) is 5.73. The Kier molecular flexibility index (Phi) is 6.51. The van der Waals surface area contributed by atoms with E-state index in [2.05, 4.69) is 0 Å². The molecule has 36 heavy (non-hydrogen) atoms. The summed E-state index contributed by atoms with van der Waals surface area (Å²) in [6.07, 6.45) is 0. The number of nitro groups is 1. The average molecular weight is 488 g/mol. The fourth-order valence-electron chi connectivity index (χ4n) is 4.05. The molecule has 1 atom stereocenters. The predicted octanol–water partition coefficient (Wildman–Crippen LogP) is 4.02. The van der Waals surface area contributed by atoms with Gasteiger partial charge in [-0.1, -0.05) is 30.3 Å². The lowest BCUT2D eigenvalue weighted by atomic mass is 9.94. The van der Waals surface area contributed by atoms with Gasteiger partial charge in [0.1, 0.15) is 11.5 Å². The number of aliphatic hydroxyl groups is 1. The first-order valence-electron chi connectivity index (χ1n) is 10.6. The van der Waals surface area contributed by atoms with Gasteiger partial charge in [-0.05, 0) is 35.9 Å². The smallest absolute Gasteiger partial charge is 0.337 e. The molecule has 3 aromatic rings. The lowest BCUT2D eigenvalue weighted by Gasteiger charge is -2.26. The number of non-ortho nitro benzene ring substituents is 1. The molecule has 3 aromatic carbocycles. The monoisotopic (exact) mass is 488 g/mol. The number of ketones is 1. The quantitative estimate of drug-likeness (QED) is 0.137. The van der Waals surface area contributed by atoms with Gasteiger partial charge in [0.2, 0.25) is 0 Å². The number of ether oxygens (including phenoxy) is 2. The van der Waals surface area contributed by atoms with Gasteiger partial charge in [0.15, 0.2) is 0 Å². The van der Waals surface area contributed by atoms with Crippen LogP contribution in [-0.2, 0) is 14.3 Å². The number of carbonyl (C=O) groups excluding carboxylic acids is 3. The number of Topliss-reactive ketones (excluding diaryl/α,β-unsaturated/α-hetero) is 1. The number of rotatable bonds is 6. The van der Waals surface area contributed by atoms with Crippen molar-refractivity contribution < 1.29 is 33.9 Å². The Bertz CT molecular complexity index is 1430. The van der Waals surface area contributed by atoms with Crippen molar-refractivity contribution in [2.45, 2.75) is 6.04 Å². The van der Waals surface area contributed by atoms with Crippen LogP contribution < -0.4 is 9.64 Å². The predicted molar refractivity (Wildman–Crippen MR) is 129 cm³/mol. The highest BCUT2D eigenvalue weighted by molar-refractivity contribution is 6.51. The minimum atomic E-state index is -1.12. The summed E-state index contributed by atoms with van der Waals surface area (Å²) in [6, 6.07) is 16.6. The van der Waals surface area contributed by atoms with Gasteiger partial charge in [-0.25, -0.2) is 4.79 Å². The Morgan fingerprint density at radius 2 is 1.67 bits per heavy atom. The third-order valence-electron chi connectivity index (χ3n) is 5.73. The summed E-state index contributed by atoms with van der Waals surface area (Å²) in [7, 11) is 2.68. The fraction of sp³-hybridized carbons (Fsp3) is 0.115. The first-order valence-corrected chi connectivity index (χ1v) is 10.6. The maximum atomic E-state index is 13.3. The van der Waals surface area contributed by atoms with Gasteiger partial charge < -0.3 is 14.6 Å². The number of aliphatic hydroxyl groups excluding tert-OH is 1. The number of hydrogen-bond acceptors (Lipinski definition) is 8. The number of amides is 1. The largest absolute Gasteiger partial charge is 0.507 e. The summed E-state index contributed by atoms with van der Waals surface area (Å²) in [5.41, 5.74) is 0.238. The third kappa shape index (κ3) is 4.27. The van der Waals surface area contributed by atoms with Gasteiger partial charge in [0.05, 0.1) is 36.3 Å². The van der Waals surface area contributed by atoms with Crippen molar-refractivity contribution in [1.29, 1.82) is 0 Å². The zero-order valence-electron chi connectivity index (χ0n) is 19.2. The Hall–Kier alpha value is -4.99. The number of hydrogen-bond donors (Lipinski definition) is 1. The van der Waals surface area contributed by atoms with Crippen molar-refractivity contribution in [1.82, 2.24) is 0 Å². The summed E-state index contributed by atoms with van der Waals surface area (Å²) in [5.74, 6) is -2.71. The van der Waals surface area contributed by atoms with E-state index in [1.165, 1.54) is 56.7 Å². The number of nitrogens with zero attached hydrogens (tertiary/aromatic N) is 2. The van der Waals surface area contributed by atoms with Crippen LogP contribution in [0, 0.1) is 10.1 Å². The summed E-state index contributed by atoms with van der Waals surface area (Å²) in [6.45, 7) is 0. The Morgan fingerprint density at radius 3 is 2.36 bits per heavy atom. The van der Waals surface area contributed by atoms with Crippen LogP contribution in [0.4, 0.5) is 11.4 Å². The van der Waals surface area contributed by atoms with Crippen LogP contribution in [0.2, 0.25) is 0 Å². The minimum Gasteiger partial charge on any atom is -0.507 e. The van der Waals surface area contributed by atoms with Crippen LogP contribution in [-0.4, -0.2) is 41.9 Å². The molecular formula is C26H20N2O8. The lowest BCUT2D eigenvalue weighted by molar-refractivity contribution is -0.384. The van der Waals surface area contributed by atoms with Crippen molar-refractivity contribution in [3.63, 3.8) is 0 Å². The summed E-state index contributed by atoms with van der Waals surface area (Å²) in [5, 5.41) is 22.4. The second-order valence-electron chi connectivity index (χ2n) is 7.80. The normalized spacial score (nSPS) is 16.6. The second-order valence-corrected chi connectivity index (χ2v) is 7.80. The molecule has 182 valence electrons. The molecule has 0 aliphatic carbocycles. The van der Waals surface area contributed by atoms with E-state index >= 15 is 0 Å². The first kappa shape index (κ1) is 24.1. The summed E-state index contributed by atoms with van der Waals surface area (Å²) in [4.78, 5) is 50.4. The molecule has 0 bridgehead atoms. The second kappa shape index (κ2) is 9.71. The van der Waals surface area contributed by atoms with Crippen molar-refractivity contribution in [3.05, 3.63) is 105 Å². The zero-order valence-corrected chi connectivity index (χ0v) is 19.2. The Morgan fingerprint density at radius 1 is 0.972 bits per heavy atom. The van der Waals surface area contributed by atoms with E-state index in [9.17, 15) is 29.6 Å². The topological polar surface area (TPSA) is 136 Å². The zero-order chi connectivity index (χ0) is 26.0. The summed E-state index contributed by atoms with van der Waals surface area (Å²) >= 11 is 0. The molecule has 1 aliphatic heterocycles. The number of anilines is 1. The van der Waals surface area contributed by atoms with Gasteiger partial charge in [-0.3, -0.25) is 24.6 Å². The molecule has 1 aliphatic rings. The highest BCUT2D eigenvalue weighted by Gasteiger charge is 2.47. The van der Waals surface area contributed by atoms with Crippen LogP contribution in [0.3, 0.4) is 0 Å². The van der Waals surface area contributed by atoms with E-state index in [4.69, 9.17) is 9.47 Å². The number of methoxy groups -OCH3 is 2. The average Bonchev–Trinajstić information content (AvgIpc) is 3.18. The molecule has 4 rings (SSSR count). The number of carbonyl (C=O) groups is 3. The van der Waals surface area contributed by atoms with Crippen molar-refractivity contribution in [3.8, 4) is 5.75 Å². The van der Waals surface area contributed by atoms with Gasteiger partial charge in [-0.15, -0.1) is 0 Å². The van der Waals surface area contributed by atoms with Crippen LogP contribution >= 0.6 is 0 Å². The van der Waals surface area contributed by atoms with E-state index in [1.54, 1.807) is 24.3 Å². The van der Waals surface area contributed by atoms with E-state index in [1.807, 2.05) is 0 Å². The van der Waals surface area contributed by atoms with Crippen molar-refractivity contribution in [2.24, 2.45) is 0 Å². The molecule has 1 N–H and O–H groups in total. The maximum Gasteiger partial charge on any atom is 0.337 e. The standard InChI is InChI=1S/C26H20N2O8/c1-35-20-11-5-6-15(14-20)22-21(23(29)16-7-3-10-19(12-16)28(33)34)24(30)25(31)27(22)18-9-4-8-17(13-18)26(32)36-2/h3-14,22,29H,1-2H3/b23-21-. The van der Waals surface area contributed by atoms with Gasteiger partial charge in [0.25, 0.3) is 17.4 Å².